The average molecular weight is 607 g/mol. The third kappa shape index (κ3) is 11.0. The fraction of sp³-hybridized carbons (Fsp3) is 0.517. The Morgan fingerprint density at radius 2 is 1.50 bits per heavy atom. The van der Waals surface area contributed by atoms with E-state index in [0.717, 1.165) is 5.56 Å². The van der Waals surface area contributed by atoms with Gasteiger partial charge in [-0.3, -0.25) is 19.2 Å². The second-order valence-electron chi connectivity index (χ2n) is 10.9. The molecular weight excluding hydrogens is 564 g/mol. The second-order valence-corrected chi connectivity index (χ2v) is 12.7. The highest BCUT2D eigenvalue weighted by Gasteiger charge is 2.33. The summed E-state index contributed by atoms with van der Waals surface area (Å²) in [4.78, 5) is 52.2. The van der Waals surface area contributed by atoms with Gasteiger partial charge >= 0.3 is 0 Å². The lowest BCUT2D eigenvalue weighted by molar-refractivity contribution is -0.132. The number of methoxy groups -OCH3 is 1. The average Bonchev–Trinajstić information content (AvgIpc) is 3.45. The van der Waals surface area contributed by atoms with Crippen LogP contribution in [0, 0.1) is 18.8 Å². The molecule has 232 valence electrons. The summed E-state index contributed by atoms with van der Waals surface area (Å²) in [5.74, 6) is -2.39. The number of rotatable bonds is 17. The van der Waals surface area contributed by atoms with E-state index >= 15 is 0 Å². The Morgan fingerprint density at radius 1 is 0.881 bits per heavy atom. The minimum Gasteiger partial charge on any atom is -0.461 e. The van der Waals surface area contributed by atoms with E-state index < -0.39 is 58.1 Å². The first kappa shape index (κ1) is 34.7. The van der Waals surface area contributed by atoms with Gasteiger partial charge in [0.05, 0.1) is 30.2 Å². The van der Waals surface area contributed by atoms with Crippen molar-refractivity contribution in [3.05, 3.63) is 54.0 Å². The van der Waals surface area contributed by atoms with Crippen LogP contribution in [0.5, 0.6) is 0 Å². The predicted molar refractivity (Wildman–Crippen MR) is 156 cm³/mol. The number of aryl methyl sites for hydroxylation is 1. The van der Waals surface area contributed by atoms with Gasteiger partial charge in [0.15, 0.2) is 5.76 Å². The number of carbonyl (C=O) groups is 4. The first-order chi connectivity index (χ1) is 19.7. The maximum atomic E-state index is 13.4. The molecule has 4 N–H and O–H groups in total. The van der Waals surface area contributed by atoms with Gasteiger partial charge in [-0.25, -0.2) is 8.42 Å². The van der Waals surface area contributed by atoms with Crippen molar-refractivity contribution in [3.8, 4) is 0 Å². The van der Waals surface area contributed by atoms with Crippen LogP contribution in [0.3, 0.4) is 0 Å². The van der Waals surface area contributed by atoms with Crippen LogP contribution in [-0.2, 0) is 29.1 Å². The zero-order chi connectivity index (χ0) is 31.4. The van der Waals surface area contributed by atoms with E-state index in [4.69, 9.17) is 9.15 Å². The molecule has 3 atom stereocenters. The van der Waals surface area contributed by atoms with Crippen molar-refractivity contribution in [1.82, 2.24) is 20.7 Å². The highest BCUT2D eigenvalue weighted by atomic mass is 32.2. The number of sulfonamides is 1. The Kier molecular flexibility index (Phi) is 13.4. The van der Waals surface area contributed by atoms with Gasteiger partial charge in [-0.2, -0.15) is 4.72 Å². The molecule has 13 heteroatoms. The van der Waals surface area contributed by atoms with Crippen LogP contribution in [0.15, 0.2) is 52.0 Å². The van der Waals surface area contributed by atoms with E-state index in [0.29, 0.717) is 13.0 Å². The Hall–Kier alpha value is -3.55. The molecule has 0 unspecified atom stereocenters. The normalized spacial score (nSPS) is 13.8. The Morgan fingerprint density at radius 3 is 2.05 bits per heavy atom. The summed E-state index contributed by atoms with van der Waals surface area (Å²) in [5, 5.41) is 7.81. The summed E-state index contributed by atoms with van der Waals surface area (Å²) < 4.78 is 38.9. The Labute approximate surface area is 247 Å². The zero-order valence-corrected chi connectivity index (χ0v) is 25.7. The highest BCUT2D eigenvalue weighted by molar-refractivity contribution is 7.89. The lowest BCUT2D eigenvalue weighted by atomic mass is 9.98. The molecule has 0 saturated heterocycles. The van der Waals surface area contributed by atoms with Crippen LogP contribution < -0.4 is 20.7 Å². The molecule has 0 aliphatic rings. The lowest BCUT2D eigenvalue weighted by Crippen LogP contribution is -2.57. The van der Waals surface area contributed by atoms with Crippen molar-refractivity contribution in [2.24, 2.45) is 11.8 Å². The Bertz CT molecular complexity index is 1290. The molecule has 1 aromatic carbocycles. The minimum absolute atomic E-state index is 0.0367. The van der Waals surface area contributed by atoms with Crippen molar-refractivity contribution >= 4 is 33.5 Å². The van der Waals surface area contributed by atoms with Gasteiger partial charge in [-0.1, -0.05) is 45.4 Å². The van der Waals surface area contributed by atoms with Crippen LogP contribution in [0.25, 0.3) is 0 Å². The molecule has 3 amide bonds. The monoisotopic (exact) mass is 606 g/mol. The lowest BCUT2D eigenvalue weighted by Gasteiger charge is -2.25. The first-order valence-corrected chi connectivity index (χ1v) is 15.2. The molecule has 0 fully saturated rings. The molecule has 1 heterocycles. The number of ketones is 1. The number of nitrogens with one attached hydrogen (secondary N) is 4. The fourth-order valence-corrected chi connectivity index (χ4v) is 5.12. The number of amides is 3. The number of benzene rings is 1. The molecule has 0 bridgehead atoms. The maximum absolute atomic E-state index is 13.4. The van der Waals surface area contributed by atoms with Gasteiger partial charge in [0, 0.05) is 13.7 Å². The third-order valence-corrected chi connectivity index (χ3v) is 7.60. The number of ether oxygens (including phenoxy) is 1. The quantitative estimate of drug-likeness (QED) is 0.198. The largest absolute Gasteiger partial charge is 0.461 e. The van der Waals surface area contributed by atoms with Crippen molar-refractivity contribution in [3.63, 3.8) is 0 Å². The van der Waals surface area contributed by atoms with Crippen molar-refractivity contribution in [2.75, 3.05) is 20.3 Å². The summed E-state index contributed by atoms with van der Waals surface area (Å²) in [7, 11) is -2.89. The maximum Gasteiger partial charge on any atom is 0.245 e. The summed E-state index contributed by atoms with van der Waals surface area (Å²) in [6.45, 7) is 9.40. The van der Waals surface area contributed by atoms with Crippen LogP contribution in [-0.4, -0.2) is 70.3 Å². The van der Waals surface area contributed by atoms with Gasteiger partial charge in [0.1, 0.15) is 12.1 Å². The molecule has 0 aliphatic heterocycles. The third-order valence-electron chi connectivity index (χ3n) is 6.11. The minimum atomic E-state index is -4.21. The number of hydrogen-bond donors (Lipinski definition) is 4. The van der Waals surface area contributed by atoms with Gasteiger partial charge in [0.2, 0.25) is 33.5 Å². The summed E-state index contributed by atoms with van der Waals surface area (Å²) >= 11 is 0. The molecule has 0 aliphatic carbocycles. The van der Waals surface area contributed by atoms with Crippen LogP contribution in [0.2, 0.25) is 0 Å². The second kappa shape index (κ2) is 16.2. The smallest absolute Gasteiger partial charge is 0.245 e. The van der Waals surface area contributed by atoms with Gasteiger partial charge in [-0.15, -0.1) is 0 Å². The topological polar surface area (TPSA) is 173 Å². The van der Waals surface area contributed by atoms with Crippen molar-refractivity contribution in [1.29, 1.82) is 0 Å². The molecular formula is C29H42N4O8S. The van der Waals surface area contributed by atoms with Crippen molar-refractivity contribution in [2.45, 2.75) is 70.5 Å². The number of Topliss-reactive ketones (excluding diaryl/α,β-unsaturated/α-hetero) is 1. The SMILES string of the molecule is COC[C@H](NC(=O)[C@H](CC(=O)NCC(C)C)NS(=O)(=O)c1ccc(C)cc1)C(=O)N[C@@H](CC(C)C)C(=O)c1ccco1. The summed E-state index contributed by atoms with van der Waals surface area (Å²) in [5.41, 5.74) is 0.839. The molecule has 0 spiro atoms. The Balaban J connectivity index is 2.27. The molecule has 0 radical (unpaired) electrons. The highest BCUT2D eigenvalue weighted by Crippen LogP contribution is 2.14. The molecule has 12 nitrogen and oxygen atoms in total. The molecule has 2 aromatic rings. The zero-order valence-electron chi connectivity index (χ0n) is 24.9. The van der Waals surface area contributed by atoms with Crippen molar-refractivity contribution < 1.29 is 36.7 Å². The van der Waals surface area contributed by atoms with Crippen LogP contribution >= 0.6 is 0 Å². The fourth-order valence-electron chi connectivity index (χ4n) is 3.92. The number of hydrogen-bond acceptors (Lipinski definition) is 8. The van der Waals surface area contributed by atoms with Gasteiger partial charge in [-0.05, 0) is 49.4 Å². The van der Waals surface area contributed by atoms with E-state index in [1.807, 2.05) is 27.7 Å². The van der Waals surface area contributed by atoms with E-state index in [2.05, 4.69) is 20.7 Å². The molecule has 0 saturated carbocycles. The number of carbonyl (C=O) groups excluding carboxylic acids is 4. The van der Waals surface area contributed by atoms with Gasteiger partial charge in [0.25, 0.3) is 0 Å². The first-order valence-electron chi connectivity index (χ1n) is 13.8. The number of furan rings is 1. The molecule has 42 heavy (non-hydrogen) atoms. The van der Waals surface area contributed by atoms with Crippen LogP contribution in [0.1, 0.15) is 56.7 Å². The summed E-state index contributed by atoms with van der Waals surface area (Å²) in [6.07, 6.45) is 1.14. The van der Waals surface area contributed by atoms with Gasteiger partial charge < -0.3 is 25.1 Å². The molecule has 2 rings (SSSR count). The van der Waals surface area contributed by atoms with E-state index in [1.165, 1.54) is 31.6 Å². The van der Waals surface area contributed by atoms with Crippen LogP contribution in [0.4, 0.5) is 0 Å². The van der Waals surface area contributed by atoms with E-state index in [-0.39, 0.29) is 29.1 Å². The predicted octanol–water partition coefficient (Wildman–Crippen LogP) is 1.94. The van der Waals surface area contributed by atoms with E-state index in [1.54, 1.807) is 25.1 Å². The standard InChI is InChI=1S/C29H42N4O8S/c1-18(2)14-22(27(35)25-8-7-13-41-25)31-29(37)24(17-40-6)32-28(36)23(15-26(34)30-16-19(3)4)33-42(38,39)21-11-9-20(5)10-12-21/h7-13,18-19,22-24,33H,14-17H2,1-6H3,(H,30,34)(H,31,37)(H,32,36)/t22-,23-,24-/m0/s1. The van der Waals surface area contributed by atoms with E-state index in [9.17, 15) is 27.6 Å². The molecule has 1 aromatic heterocycles. The summed E-state index contributed by atoms with van der Waals surface area (Å²) in [6, 6.07) is 5.24.